The minimum Gasteiger partial charge on any atom is -0.454 e. The first kappa shape index (κ1) is 23.9. The summed E-state index contributed by atoms with van der Waals surface area (Å²) >= 11 is 0. The van der Waals surface area contributed by atoms with Crippen LogP contribution in [-0.2, 0) is 22.3 Å². The topological polar surface area (TPSA) is 59.1 Å². The zero-order valence-corrected chi connectivity index (χ0v) is 21.3. The lowest BCUT2D eigenvalue weighted by molar-refractivity contribution is 0.0241. The zero-order chi connectivity index (χ0) is 25.4. The first-order valence-corrected chi connectivity index (χ1v) is 12.4. The monoisotopic (exact) mass is 484 g/mol. The second-order valence-corrected chi connectivity index (χ2v) is 9.96. The molecule has 2 aliphatic carbocycles. The number of anilines is 2. The van der Waals surface area contributed by atoms with Crippen molar-refractivity contribution < 1.29 is 19.1 Å². The van der Waals surface area contributed by atoms with Gasteiger partial charge >= 0.3 is 11.9 Å². The summed E-state index contributed by atoms with van der Waals surface area (Å²) < 4.78 is 12.1. The van der Waals surface area contributed by atoms with Gasteiger partial charge in [-0.25, -0.2) is 9.59 Å². The van der Waals surface area contributed by atoms with Crippen molar-refractivity contribution in [3.8, 4) is 0 Å². The Hall–Kier alpha value is -3.80. The van der Waals surface area contributed by atoms with Crippen LogP contribution in [0.25, 0.3) is 0 Å². The van der Waals surface area contributed by atoms with Gasteiger partial charge < -0.3 is 19.3 Å². The molecule has 0 saturated heterocycles. The van der Waals surface area contributed by atoms with E-state index in [4.69, 9.17) is 9.47 Å². The third kappa shape index (κ3) is 4.55. The molecule has 0 aromatic heterocycles. The van der Waals surface area contributed by atoms with E-state index in [0.29, 0.717) is 11.1 Å². The normalized spacial score (nSPS) is 17.8. The van der Waals surface area contributed by atoms with Crippen LogP contribution in [0.2, 0.25) is 0 Å². The van der Waals surface area contributed by atoms with Crippen LogP contribution in [0.5, 0.6) is 0 Å². The molecule has 0 N–H and O–H groups in total. The molecule has 2 atom stereocenters. The van der Waals surface area contributed by atoms with Crippen molar-refractivity contribution in [1.82, 2.24) is 0 Å². The van der Waals surface area contributed by atoms with Crippen molar-refractivity contribution in [3.05, 3.63) is 94.0 Å². The highest BCUT2D eigenvalue weighted by molar-refractivity contribution is 5.91. The fourth-order valence-corrected chi connectivity index (χ4v) is 5.21. The molecule has 0 bridgehead atoms. The molecule has 6 heteroatoms. The summed E-state index contributed by atoms with van der Waals surface area (Å²) in [4.78, 5) is 30.0. The second-order valence-electron chi connectivity index (χ2n) is 9.96. The summed E-state index contributed by atoms with van der Waals surface area (Å²) in [6.45, 7) is 0. The van der Waals surface area contributed by atoms with Gasteiger partial charge in [0.1, 0.15) is 12.2 Å². The van der Waals surface area contributed by atoms with E-state index >= 15 is 0 Å². The summed E-state index contributed by atoms with van der Waals surface area (Å²) in [7, 11) is 7.85. The molecule has 2 aliphatic rings. The number of hydrogen-bond donors (Lipinski definition) is 0. The summed E-state index contributed by atoms with van der Waals surface area (Å²) in [5, 5.41) is 0. The van der Waals surface area contributed by atoms with Crippen molar-refractivity contribution in [1.29, 1.82) is 0 Å². The Labute approximate surface area is 212 Å². The average Bonchev–Trinajstić information content (AvgIpc) is 3.47. The van der Waals surface area contributed by atoms with Crippen molar-refractivity contribution in [2.75, 3.05) is 38.0 Å². The van der Waals surface area contributed by atoms with E-state index < -0.39 is 0 Å². The third-order valence-electron chi connectivity index (χ3n) is 7.20. The van der Waals surface area contributed by atoms with E-state index in [9.17, 15) is 9.59 Å². The predicted octanol–water partition coefficient (Wildman–Crippen LogP) is 5.51. The van der Waals surface area contributed by atoms with Gasteiger partial charge in [-0.3, -0.25) is 0 Å². The number of esters is 2. The lowest BCUT2D eigenvalue weighted by Gasteiger charge is -2.21. The number of fused-ring (bicyclic) bond motifs is 3. The van der Waals surface area contributed by atoms with Gasteiger partial charge in [0.05, 0.1) is 11.1 Å². The van der Waals surface area contributed by atoms with Gasteiger partial charge in [0.2, 0.25) is 0 Å². The minimum atomic E-state index is -0.338. The molecule has 0 heterocycles. The molecule has 3 aromatic rings. The van der Waals surface area contributed by atoms with Crippen LogP contribution in [0.3, 0.4) is 0 Å². The summed E-state index contributed by atoms with van der Waals surface area (Å²) in [5.74, 6) is -0.661. The van der Waals surface area contributed by atoms with Gasteiger partial charge in [-0.2, -0.15) is 0 Å². The van der Waals surface area contributed by atoms with Crippen molar-refractivity contribution in [2.24, 2.45) is 0 Å². The molecular formula is C30H32N2O4. The molecule has 6 nitrogen and oxygen atoms in total. The van der Waals surface area contributed by atoms with Crippen LogP contribution in [0.1, 0.15) is 68.0 Å². The molecule has 36 heavy (non-hydrogen) atoms. The molecule has 0 saturated carbocycles. The fourth-order valence-electron chi connectivity index (χ4n) is 5.21. The summed E-state index contributed by atoms with van der Waals surface area (Å²) in [6, 6.07) is 19.1. The van der Waals surface area contributed by atoms with Gasteiger partial charge in [0.25, 0.3) is 0 Å². The largest absolute Gasteiger partial charge is 0.454 e. The van der Waals surface area contributed by atoms with Gasteiger partial charge in [-0.15, -0.1) is 0 Å². The lowest BCUT2D eigenvalue weighted by atomic mass is 9.97. The molecule has 0 radical (unpaired) electrons. The lowest BCUT2D eigenvalue weighted by Crippen LogP contribution is -2.15. The van der Waals surface area contributed by atoms with Crippen LogP contribution >= 0.6 is 0 Å². The fraction of sp³-hybridized carbons (Fsp3) is 0.333. The molecule has 186 valence electrons. The highest BCUT2D eigenvalue weighted by Crippen LogP contribution is 2.46. The number of rotatable bonds is 6. The second kappa shape index (κ2) is 9.69. The Morgan fingerprint density at radius 3 is 1.31 bits per heavy atom. The number of aryl methyl sites for hydroxylation is 2. The Balaban J connectivity index is 1.35. The number of carbonyl (C=O) groups is 2. The van der Waals surface area contributed by atoms with Crippen molar-refractivity contribution >= 4 is 23.3 Å². The zero-order valence-electron chi connectivity index (χ0n) is 21.3. The van der Waals surface area contributed by atoms with E-state index in [1.807, 2.05) is 62.3 Å². The van der Waals surface area contributed by atoms with Gasteiger partial charge in [0, 0.05) is 50.7 Å². The SMILES string of the molecule is CN(C)c1ccc(C(=O)O[C@H]2CCc3ccc4c(c32)[C@@H](OC(=O)c2ccc(N(C)C)cc2)CC4)cc1. The smallest absolute Gasteiger partial charge is 0.338 e. The minimum absolute atomic E-state index is 0.330. The summed E-state index contributed by atoms with van der Waals surface area (Å²) in [5.41, 5.74) is 7.53. The van der Waals surface area contributed by atoms with E-state index in [-0.39, 0.29) is 24.1 Å². The van der Waals surface area contributed by atoms with Crippen LogP contribution < -0.4 is 9.80 Å². The van der Waals surface area contributed by atoms with Gasteiger partial charge in [-0.1, -0.05) is 12.1 Å². The standard InChI is InChI=1S/C30H32N2O4/c1-31(2)23-13-7-21(8-14-23)29(33)35-25-17-11-19-5-6-20-12-18-26(28(20)27(19)25)36-30(34)22-9-15-24(16-10-22)32(3)4/h5-10,13-16,25-26H,11-12,17-18H2,1-4H3/t25-,26-/m0/s1. The van der Waals surface area contributed by atoms with Crippen molar-refractivity contribution in [2.45, 2.75) is 37.9 Å². The van der Waals surface area contributed by atoms with Crippen LogP contribution in [-0.4, -0.2) is 40.1 Å². The van der Waals surface area contributed by atoms with Gasteiger partial charge in [-0.05, 0) is 85.3 Å². The highest BCUT2D eigenvalue weighted by Gasteiger charge is 2.37. The first-order valence-electron chi connectivity index (χ1n) is 12.4. The average molecular weight is 485 g/mol. The van der Waals surface area contributed by atoms with Crippen LogP contribution in [0, 0.1) is 0 Å². The third-order valence-corrected chi connectivity index (χ3v) is 7.20. The van der Waals surface area contributed by atoms with E-state index in [2.05, 4.69) is 12.1 Å². The Morgan fingerprint density at radius 1 is 0.611 bits per heavy atom. The molecule has 0 aliphatic heterocycles. The Bertz CT molecular complexity index is 1180. The predicted molar refractivity (Wildman–Crippen MR) is 141 cm³/mol. The maximum absolute atomic E-state index is 13.0. The highest BCUT2D eigenvalue weighted by atomic mass is 16.5. The molecular weight excluding hydrogens is 452 g/mol. The number of benzene rings is 3. The number of ether oxygens (including phenoxy) is 2. The maximum Gasteiger partial charge on any atom is 0.338 e. The Morgan fingerprint density at radius 2 is 0.972 bits per heavy atom. The first-order chi connectivity index (χ1) is 17.3. The molecule has 0 spiro atoms. The molecule has 0 amide bonds. The maximum atomic E-state index is 13.0. The number of hydrogen-bond acceptors (Lipinski definition) is 6. The number of carbonyl (C=O) groups excluding carboxylic acids is 2. The van der Waals surface area contributed by atoms with E-state index in [1.54, 1.807) is 24.3 Å². The Kier molecular flexibility index (Phi) is 6.44. The summed E-state index contributed by atoms with van der Waals surface area (Å²) in [6.07, 6.45) is 2.48. The number of nitrogens with zero attached hydrogens (tertiary/aromatic N) is 2. The van der Waals surface area contributed by atoms with Crippen LogP contribution in [0.4, 0.5) is 11.4 Å². The molecule has 3 aromatic carbocycles. The molecule has 0 fully saturated rings. The van der Waals surface area contributed by atoms with Crippen LogP contribution in [0.15, 0.2) is 60.7 Å². The van der Waals surface area contributed by atoms with E-state index in [0.717, 1.165) is 48.2 Å². The van der Waals surface area contributed by atoms with E-state index in [1.165, 1.54) is 11.1 Å². The molecule has 5 rings (SSSR count). The molecule has 0 unspecified atom stereocenters. The quantitative estimate of drug-likeness (QED) is 0.430. The van der Waals surface area contributed by atoms with Gasteiger partial charge in [0.15, 0.2) is 0 Å². The van der Waals surface area contributed by atoms with Crippen molar-refractivity contribution in [3.63, 3.8) is 0 Å².